The van der Waals surface area contributed by atoms with E-state index in [9.17, 15) is 4.57 Å². The zero-order valence-electron chi connectivity index (χ0n) is 11.4. The molecular weight excluding hydrogens is 251 g/mol. The average molecular weight is 280 g/mol. The van der Waals surface area contributed by atoms with Crippen molar-refractivity contribution < 1.29 is 19.5 Å². The van der Waals surface area contributed by atoms with E-state index in [-0.39, 0.29) is 6.16 Å². The van der Waals surface area contributed by atoms with E-state index in [2.05, 4.69) is 0 Å². The molecule has 18 heavy (non-hydrogen) atoms. The smallest absolute Gasteiger partial charge is 0.325 e. The van der Waals surface area contributed by atoms with Gasteiger partial charge in [0.15, 0.2) is 0 Å². The second-order valence-electron chi connectivity index (χ2n) is 5.00. The molecule has 0 amide bonds. The summed E-state index contributed by atoms with van der Waals surface area (Å²) < 4.78 is 10.6. The number of rotatable bonds is 13. The van der Waals surface area contributed by atoms with E-state index < -0.39 is 7.60 Å². The molecule has 0 saturated carbocycles. The van der Waals surface area contributed by atoms with Crippen molar-refractivity contribution in [2.24, 2.45) is 0 Å². The van der Waals surface area contributed by atoms with Crippen LogP contribution in [0.1, 0.15) is 70.6 Å². The molecule has 5 heteroatoms. The minimum atomic E-state index is -3.76. The van der Waals surface area contributed by atoms with Crippen LogP contribution in [0.15, 0.2) is 0 Å². The largest absolute Gasteiger partial charge is 0.396 e. The Morgan fingerprint density at radius 2 is 0.944 bits per heavy atom. The van der Waals surface area contributed by atoms with Gasteiger partial charge in [-0.25, -0.2) is 0 Å². The van der Waals surface area contributed by atoms with Gasteiger partial charge in [-0.05, 0) is 12.8 Å². The van der Waals surface area contributed by atoms with E-state index in [1.807, 2.05) is 0 Å². The van der Waals surface area contributed by atoms with Gasteiger partial charge < -0.3 is 14.9 Å². The van der Waals surface area contributed by atoms with Crippen LogP contribution < -0.4 is 0 Å². The molecule has 0 aliphatic rings. The van der Waals surface area contributed by atoms with Crippen LogP contribution in [0, 0.1) is 0 Å². The summed E-state index contributed by atoms with van der Waals surface area (Å²) >= 11 is 0. The molecule has 0 aliphatic carbocycles. The number of aliphatic hydroxyl groups excluding tert-OH is 1. The summed E-state index contributed by atoms with van der Waals surface area (Å²) in [5.41, 5.74) is 0. The minimum Gasteiger partial charge on any atom is -0.396 e. The minimum absolute atomic E-state index is 0.0395. The first-order valence-electron chi connectivity index (χ1n) is 7.22. The van der Waals surface area contributed by atoms with Crippen LogP contribution in [0.3, 0.4) is 0 Å². The van der Waals surface area contributed by atoms with Gasteiger partial charge in [-0.1, -0.05) is 57.8 Å². The number of aliphatic hydroxyl groups is 1. The fourth-order valence-electron chi connectivity index (χ4n) is 2.02. The van der Waals surface area contributed by atoms with Gasteiger partial charge in [-0.15, -0.1) is 0 Å². The molecule has 0 aromatic carbocycles. The van der Waals surface area contributed by atoms with Crippen LogP contribution in [0.4, 0.5) is 0 Å². The summed E-state index contributed by atoms with van der Waals surface area (Å²) in [5.74, 6) is 0. The SMILES string of the molecule is O=P(O)(O)CCCCCCCCCCCCCO. The van der Waals surface area contributed by atoms with Gasteiger partial charge in [-0.2, -0.15) is 0 Å². The summed E-state index contributed by atoms with van der Waals surface area (Å²) in [6.45, 7) is 0.314. The number of hydrogen-bond donors (Lipinski definition) is 3. The van der Waals surface area contributed by atoms with Gasteiger partial charge in [-0.3, -0.25) is 4.57 Å². The Balaban J connectivity index is 3.01. The van der Waals surface area contributed by atoms with Crippen LogP contribution in [-0.2, 0) is 4.57 Å². The first kappa shape index (κ1) is 18.1. The molecule has 3 N–H and O–H groups in total. The Labute approximate surface area is 111 Å². The number of unbranched alkanes of at least 4 members (excludes halogenated alkanes) is 10. The maximum atomic E-state index is 10.6. The highest BCUT2D eigenvalue weighted by Gasteiger charge is 2.10. The third kappa shape index (κ3) is 16.1. The fourth-order valence-corrected chi connectivity index (χ4v) is 2.66. The Morgan fingerprint density at radius 3 is 1.28 bits per heavy atom. The van der Waals surface area contributed by atoms with E-state index in [1.54, 1.807) is 0 Å². The summed E-state index contributed by atoms with van der Waals surface area (Å²) in [4.78, 5) is 17.3. The van der Waals surface area contributed by atoms with E-state index in [1.165, 1.54) is 38.5 Å². The molecule has 0 fully saturated rings. The third-order valence-electron chi connectivity index (χ3n) is 3.11. The van der Waals surface area contributed by atoms with Gasteiger partial charge >= 0.3 is 7.60 Å². The second kappa shape index (κ2) is 12.2. The third-order valence-corrected chi connectivity index (χ3v) is 4.01. The van der Waals surface area contributed by atoms with Crippen molar-refractivity contribution in [2.75, 3.05) is 12.8 Å². The predicted octanol–water partition coefficient (Wildman–Crippen LogP) is 3.45. The van der Waals surface area contributed by atoms with Crippen molar-refractivity contribution in [2.45, 2.75) is 70.6 Å². The average Bonchev–Trinajstić information content (AvgIpc) is 2.29. The first-order chi connectivity index (χ1) is 8.56. The van der Waals surface area contributed by atoms with Crippen molar-refractivity contribution in [3.8, 4) is 0 Å². The van der Waals surface area contributed by atoms with Crippen LogP contribution >= 0.6 is 7.60 Å². The number of hydrogen-bond acceptors (Lipinski definition) is 2. The van der Waals surface area contributed by atoms with E-state index in [0.717, 1.165) is 25.7 Å². The van der Waals surface area contributed by atoms with Gasteiger partial charge in [0.05, 0.1) is 0 Å². The summed E-state index contributed by atoms with van der Waals surface area (Å²) in [6.07, 6.45) is 12.2. The molecule has 0 spiro atoms. The lowest BCUT2D eigenvalue weighted by Crippen LogP contribution is -1.88. The van der Waals surface area contributed by atoms with E-state index in [0.29, 0.717) is 13.0 Å². The monoisotopic (exact) mass is 280 g/mol. The molecule has 0 unspecified atom stereocenters. The Bertz CT molecular complexity index is 215. The molecule has 0 aliphatic heterocycles. The first-order valence-corrected chi connectivity index (χ1v) is 9.01. The lowest BCUT2D eigenvalue weighted by molar-refractivity contribution is 0.282. The molecule has 0 aromatic rings. The van der Waals surface area contributed by atoms with Crippen molar-refractivity contribution in [3.05, 3.63) is 0 Å². The normalized spacial score (nSPS) is 11.9. The molecule has 0 bridgehead atoms. The quantitative estimate of drug-likeness (QED) is 0.357. The standard InChI is InChI=1S/C13H29O4P/c14-12-10-8-6-4-2-1-3-5-7-9-11-13-18(15,16)17/h14H,1-13H2,(H2,15,16,17). The fraction of sp³-hybridized carbons (Fsp3) is 1.00. The zero-order chi connectivity index (χ0) is 13.7. The highest BCUT2D eigenvalue weighted by molar-refractivity contribution is 7.51. The van der Waals surface area contributed by atoms with Crippen molar-refractivity contribution in [1.82, 2.24) is 0 Å². The van der Waals surface area contributed by atoms with Crippen LogP contribution in [0.25, 0.3) is 0 Å². The maximum absolute atomic E-state index is 10.6. The maximum Gasteiger partial charge on any atom is 0.325 e. The predicted molar refractivity (Wildman–Crippen MR) is 74.8 cm³/mol. The lowest BCUT2D eigenvalue weighted by atomic mass is 10.1. The van der Waals surface area contributed by atoms with E-state index in [4.69, 9.17) is 14.9 Å². The second-order valence-corrected chi connectivity index (χ2v) is 6.78. The zero-order valence-corrected chi connectivity index (χ0v) is 12.3. The van der Waals surface area contributed by atoms with Gasteiger partial charge in [0.1, 0.15) is 0 Å². The molecule has 4 nitrogen and oxygen atoms in total. The summed E-state index contributed by atoms with van der Waals surface area (Å²) in [7, 11) is -3.76. The Morgan fingerprint density at radius 1 is 0.611 bits per heavy atom. The molecule has 0 radical (unpaired) electrons. The van der Waals surface area contributed by atoms with Gasteiger partial charge in [0.25, 0.3) is 0 Å². The van der Waals surface area contributed by atoms with Crippen molar-refractivity contribution >= 4 is 7.60 Å². The van der Waals surface area contributed by atoms with Crippen LogP contribution in [0.5, 0.6) is 0 Å². The summed E-state index contributed by atoms with van der Waals surface area (Å²) in [6, 6.07) is 0. The molecule has 0 rings (SSSR count). The van der Waals surface area contributed by atoms with Crippen LogP contribution in [0.2, 0.25) is 0 Å². The molecule has 0 heterocycles. The van der Waals surface area contributed by atoms with Gasteiger partial charge in [0.2, 0.25) is 0 Å². The lowest BCUT2D eigenvalue weighted by Gasteiger charge is -2.04. The van der Waals surface area contributed by atoms with Gasteiger partial charge in [0, 0.05) is 12.8 Å². The topological polar surface area (TPSA) is 77.8 Å². The van der Waals surface area contributed by atoms with Crippen molar-refractivity contribution in [1.29, 1.82) is 0 Å². The summed E-state index contributed by atoms with van der Waals surface area (Å²) in [5, 5.41) is 8.61. The highest BCUT2D eigenvalue weighted by atomic mass is 31.2. The molecule has 110 valence electrons. The molecule has 0 saturated heterocycles. The highest BCUT2D eigenvalue weighted by Crippen LogP contribution is 2.35. The van der Waals surface area contributed by atoms with E-state index >= 15 is 0 Å². The Hall–Kier alpha value is 0.110. The molecular formula is C13H29O4P. The molecule has 0 aromatic heterocycles. The van der Waals surface area contributed by atoms with Crippen molar-refractivity contribution in [3.63, 3.8) is 0 Å². The van der Waals surface area contributed by atoms with Crippen LogP contribution in [-0.4, -0.2) is 27.7 Å². The Kier molecular flexibility index (Phi) is 12.2. The molecule has 0 atom stereocenters.